The maximum atomic E-state index is 13.6. The molecule has 0 aliphatic carbocycles. The first-order valence-corrected chi connectivity index (χ1v) is 6.85. The van der Waals surface area contributed by atoms with Crippen LogP contribution >= 0.6 is 11.6 Å². The van der Waals surface area contributed by atoms with Crippen molar-refractivity contribution in [3.8, 4) is 5.75 Å². The molecule has 2 atom stereocenters. The summed E-state index contributed by atoms with van der Waals surface area (Å²) in [6, 6.07) is 13.5. The molecule has 2 aromatic rings. The summed E-state index contributed by atoms with van der Waals surface area (Å²) >= 11 is 5.90. The maximum absolute atomic E-state index is 13.6. The van der Waals surface area contributed by atoms with Gasteiger partial charge in [-0.1, -0.05) is 35.9 Å². The molecule has 0 aliphatic heterocycles. The van der Waals surface area contributed by atoms with E-state index in [2.05, 4.69) is 0 Å². The third-order valence-electron chi connectivity index (χ3n) is 3.13. The van der Waals surface area contributed by atoms with Crippen LogP contribution in [0.5, 0.6) is 5.75 Å². The van der Waals surface area contributed by atoms with Crippen LogP contribution in [0, 0.1) is 5.82 Å². The zero-order chi connectivity index (χ0) is 14.5. The highest BCUT2D eigenvalue weighted by Gasteiger charge is 2.16. The largest absolute Gasteiger partial charge is 0.489 e. The average molecular weight is 294 g/mol. The van der Waals surface area contributed by atoms with Gasteiger partial charge in [0.15, 0.2) is 0 Å². The molecule has 0 saturated carbocycles. The monoisotopic (exact) mass is 293 g/mol. The molecule has 0 heterocycles. The van der Waals surface area contributed by atoms with Crippen LogP contribution in [0.2, 0.25) is 5.02 Å². The van der Waals surface area contributed by atoms with E-state index in [0.717, 1.165) is 0 Å². The SMILES string of the molecule is CC(Oc1cccc(Cl)c1)C(N)Cc1ccccc1F. The normalized spacial score (nSPS) is 13.8. The minimum atomic E-state index is -0.300. The molecule has 0 spiro atoms. The molecule has 2 rings (SSSR count). The molecule has 0 aliphatic rings. The minimum absolute atomic E-state index is 0.238. The fraction of sp³-hybridized carbons (Fsp3) is 0.250. The van der Waals surface area contributed by atoms with Gasteiger partial charge in [-0.25, -0.2) is 4.39 Å². The van der Waals surface area contributed by atoms with E-state index >= 15 is 0 Å². The van der Waals surface area contributed by atoms with Crippen molar-refractivity contribution in [3.63, 3.8) is 0 Å². The molecular formula is C16H17ClFNO. The summed E-state index contributed by atoms with van der Waals surface area (Å²) in [6.45, 7) is 1.87. The van der Waals surface area contributed by atoms with Crippen molar-refractivity contribution in [2.75, 3.05) is 0 Å². The summed E-state index contributed by atoms with van der Waals surface area (Å²) in [7, 11) is 0. The summed E-state index contributed by atoms with van der Waals surface area (Å²) < 4.78 is 19.3. The van der Waals surface area contributed by atoms with E-state index in [4.69, 9.17) is 22.1 Å². The van der Waals surface area contributed by atoms with Gasteiger partial charge in [-0.15, -0.1) is 0 Å². The van der Waals surface area contributed by atoms with Gasteiger partial charge in [-0.05, 0) is 43.2 Å². The lowest BCUT2D eigenvalue weighted by molar-refractivity contribution is 0.188. The molecule has 2 N–H and O–H groups in total. The molecule has 0 bridgehead atoms. The molecule has 20 heavy (non-hydrogen) atoms. The van der Waals surface area contributed by atoms with E-state index in [9.17, 15) is 4.39 Å². The second-order valence-electron chi connectivity index (χ2n) is 4.74. The van der Waals surface area contributed by atoms with Crippen molar-refractivity contribution in [2.24, 2.45) is 5.73 Å². The quantitative estimate of drug-likeness (QED) is 0.909. The van der Waals surface area contributed by atoms with Crippen LogP contribution in [0.1, 0.15) is 12.5 Å². The van der Waals surface area contributed by atoms with Gasteiger partial charge in [-0.3, -0.25) is 0 Å². The second kappa shape index (κ2) is 6.73. The standard InChI is InChI=1S/C16H17ClFNO/c1-11(20-14-7-4-6-13(17)10-14)16(19)9-12-5-2-3-8-15(12)18/h2-8,10-11,16H,9,19H2,1H3. The van der Waals surface area contributed by atoms with E-state index < -0.39 is 0 Å². The Labute approximate surface area is 123 Å². The van der Waals surface area contributed by atoms with Gasteiger partial charge in [0.25, 0.3) is 0 Å². The number of ether oxygens (including phenoxy) is 1. The predicted molar refractivity (Wildman–Crippen MR) is 79.6 cm³/mol. The molecular weight excluding hydrogens is 277 g/mol. The highest BCUT2D eigenvalue weighted by Crippen LogP contribution is 2.19. The first kappa shape index (κ1) is 14.8. The molecule has 4 heteroatoms. The first-order chi connectivity index (χ1) is 9.56. The number of hydrogen-bond donors (Lipinski definition) is 1. The number of rotatable bonds is 5. The average Bonchev–Trinajstić information content (AvgIpc) is 2.41. The summed E-state index contributed by atoms with van der Waals surface area (Å²) in [5.74, 6) is 0.423. The first-order valence-electron chi connectivity index (χ1n) is 6.47. The predicted octanol–water partition coefficient (Wildman–Crippen LogP) is 3.82. The number of halogens is 2. The Morgan fingerprint density at radius 2 is 1.95 bits per heavy atom. The van der Waals surface area contributed by atoms with Crippen LogP contribution in [-0.4, -0.2) is 12.1 Å². The van der Waals surface area contributed by atoms with Crippen LogP contribution in [0.25, 0.3) is 0 Å². The van der Waals surface area contributed by atoms with Crippen molar-refractivity contribution in [1.29, 1.82) is 0 Å². The van der Waals surface area contributed by atoms with Crippen LogP contribution in [0.15, 0.2) is 48.5 Å². The van der Waals surface area contributed by atoms with Gasteiger partial charge in [0.05, 0.1) is 0 Å². The number of benzene rings is 2. The number of nitrogens with two attached hydrogens (primary N) is 1. The molecule has 0 saturated heterocycles. The van der Waals surface area contributed by atoms with Gasteiger partial charge in [0.2, 0.25) is 0 Å². The minimum Gasteiger partial charge on any atom is -0.489 e. The fourth-order valence-electron chi connectivity index (χ4n) is 1.93. The zero-order valence-corrected chi connectivity index (χ0v) is 12.0. The highest BCUT2D eigenvalue weighted by molar-refractivity contribution is 6.30. The van der Waals surface area contributed by atoms with Gasteiger partial charge in [-0.2, -0.15) is 0 Å². The maximum Gasteiger partial charge on any atom is 0.126 e. The highest BCUT2D eigenvalue weighted by atomic mass is 35.5. The molecule has 2 unspecified atom stereocenters. The molecule has 2 nitrogen and oxygen atoms in total. The third-order valence-corrected chi connectivity index (χ3v) is 3.37. The van der Waals surface area contributed by atoms with Gasteiger partial charge in [0, 0.05) is 11.1 Å². The molecule has 106 valence electrons. The van der Waals surface area contributed by atoms with Gasteiger partial charge < -0.3 is 10.5 Å². The second-order valence-corrected chi connectivity index (χ2v) is 5.18. The van der Waals surface area contributed by atoms with Gasteiger partial charge >= 0.3 is 0 Å². The third kappa shape index (κ3) is 3.95. The Morgan fingerprint density at radius 1 is 1.20 bits per heavy atom. The number of hydrogen-bond acceptors (Lipinski definition) is 2. The Bertz CT molecular complexity index is 576. The fourth-order valence-corrected chi connectivity index (χ4v) is 2.11. The summed E-state index contributed by atoms with van der Waals surface area (Å²) in [5.41, 5.74) is 6.68. The van der Waals surface area contributed by atoms with Gasteiger partial charge in [0.1, 0.15) is 17.7 Å². The Kier molecular flexibility index (Phi) is 4.99. The van der Waals surface area contributed by atoms with Crippen LogP contribution in [0.3, 0.4) is 0 Å². The molecule has 2 aromatic carbocycles. The lowest BCUT2D eigenvalue weighted by atomic mass is 10.0. The summed E-state index contributed by atoms with van der Waals surface area (Å²) in [4.78, 5) is 0. The Balaban J connectivity index is 1.99. The lowest BCUT2D eigenvalue weighted by Gasteiger charge is -2.22. The smallest absolute Gasteiger partial charge is 0.126 e. The van der Waals surface area contributed by atoms with Crippen molar-refractivity contribution < 1.29 is 9.13 Å². The van der Waals surface area contributed by atoms with E-state index in [1.165, 1.54) is 6.07 Å². The van der Waals surface area contributed by atoms with Crippen molar-refractivity contribution in [3.05, 3.63) is 64.9 Å². The molecule has 0 aromatic heterocycles. The topological polar surface area (TPSA) is 35.2 Å². The van der Waals surface area contributed by atoms with Crippen molar-refractivity contribution in [1.82, 2.24) is 0 Å². The summed E-state index contributed by atoms with van der Waals surface area (Å²) in [5, 5.41) is 0.609. The lowest BCUT2D eigenvalue weighted by Crippen LogP contribution is -2.38. The van der Waals surface area contributed by atoms with Crippen LogP contribution in [-0.2, 0) is 6.42 Å². The van der Waals surface area contributed by atoms with Crippen molar-refractivity contribution in [2.45, 2.75) is 25.5 Å². The Morgan fingerprint density at radius 3 is 2.65 bits per heavy atom. The van der Waals surface area contributed by atoms with E-state index in [0.29, 0.717) is 22.8 Å². The Hall–Kier alpha value is -1.58. The van der Waals surface area contributed by atoms with Crippen LogP contribution < -0.4 is 10.5 Å². The van der Waals surface area contributed by atoms with E-state index in [-0.39, 0.29) is 18.0 Å². The zero-order valence-electron chi connectivity index (χ0n) is 11.2. The molecule has 0 amide bonds. The summed E-state index contributed by atoms with van der Waals surface area (Å²) in [6.07, 6.45) is 0.182. The molecule has 0 fully saturated rings. The van der Waals surface area contributed by atoms with E-state index in [1.54, 1.807) is 30.3 Å². The van der Waals surface area contributed by atoms with E-state index in [1.807, 2.05) is 19.1 Å². The van der Waals surface area contributed by atoms with Crippen molar-refractivity contribution >= 4 is 11.6 Å². The molecule has 0 radical (unpaired) electrons. The van der Waals surface area contributed by atoms with Crippen LogP contribution in [0.4, 0.5) is 4.39 Å².